The first-order valence-corrected chi connectivity index (χ1v) is 9.91. The van der Waals surface area contributed by atoms with Crippen LogP contribution in [0.4, 0.5) is 5.69 Å². The van der Waals surface area contributed by atoms with Gasteiger partial charge in [-0.25, -0.2) is 9.59 Å². The summed E-state index contributed by atoms with van der Waals surface area (Å²) in [4.78, 5) is 27.7. The Morgan fingerprint density at radius 3 is 2.34 bits per heavy atom. The SMILES string of the molecule is CCOc1ccc(-n2nc3ccc(N4COCC(C(=O)OC)=C4C(=O)OC)cc3n2)cc1. The number of carbonyl (C=O) groups excluding carboxylic acids is 2. The third kappa shape index (κ3) is 4.00. The first kappa shape index (κ1) is 21.3. The zero-order valence-corrected chi connectivity index (χ0v) is 17.9. The molecule has 3 aromatic rings. The van der Waals surface area contributed by atoms with Crippen molar-refractivity contribution in [3.8, 4) is 11.4 Å². The summed E-state index contributed by atoms with van der Waals surface area (Å²) >= 11 is 0. The fourth-order valence-corrected chi connectivity index (χ4v) is 3.38. The summed E-state index contributed by atoms with van der Waals surface area (Å²) in [5, 5.41) is 9.06. The van der Waals surface area contributed by atoms with Gasteiger partial charge in [-0.15, -0.1) is 10.2 Å². The van der Waals surface area contributed by atoms with Crippen LogP contribution in [0.15, 0.2) is 53.7 Å². The smallest absolute Gasteiger partial charge is 0.355 e. The molecule has 0 bridgehead atoms. The summed E-state index contributed by atoms with van der Waals surface area (Å²) in [6.07, 6.45) is 0. The first-order chi connectivity index (χ1) is 15.5. The third-order valence-corrected chi connectivity index (χ3v) is 4.89. The third-order valence-electron chi connectivity index (χ3n) is 4.89. The van der Waals surface area contributed by atoms with Gasteiger partial charge in [-0.05, 0) is 49.4 Å². The van der Waals surface area contributed by atoms with Crippen LogP contribution in [0.3, 0.4) is 0 Å². The van der Waals surface area contributed by atoms with Gasteiger partial charge in [-0.3, -0.25) is 0 Å². The van der Waals surface area contributed by atoms with Gasteiger partial charge in [0.1, 0.15) is 29.2 Å². The van der Waals surface area contributed by atoms with E-state index in [1.165, 1.54) is 19.0 Å². The van der Waals surface area contributed by atoms with E-state index in [2.05, 4.69) is 10.2 Å². The van der Waals surface area contributed by atoms with E-state index in [0.29, 0.717) is 23.3 Å². The average molecular weight is 438 g/mol. The maximum atomic E-state index is 12.5. The Morgan fingerprint density at radius 2 is 1.66 bits per heavy atom. The first-order valence-electron chi connectivity index (χ1n) is 9.91. The van der Waals surface area contributed by atoms with Gasteiger partial charge in [0.05, 0.1) is 38.7 Å². The Balaban J connectivity index is 1.71. The molecule has 0 atom stereocenters. The second kappa shape index (κ2) is 9.06. The van der Waals surface area contributed by atoms with Crippen molar-refractivity contribution in [3.05, 3.63) is 53.7 Å². The largest absolute Gasteiger partial charge is 0.494 e. The Morgan fingerprint density at radius 1 is 0.969 bits per heavy atom. The van der Waals surface area contributed by atoms with Gasteiger partial charge in [0.15, 0.2) is 0 Å². The zero-order chi connectivity index (χ0) is 22.7. The number of anilines is 1. The monoisotopic (exact) mass is 438 g/mol. The van der Waals surface area contributed by atoms with Crippen molar-refractivity contribution in [2.24, 2.45) is 0 Å². The van der Waals surface area contributed by atoms with Gasteiger partial charge < -0.3 is 23.8 Å². The van der Waals surface area contributed by atoms with Crippen molar-refractivity contribution in [3.63, 3.8) is 0 Å². The molecule has 2 aromatic carbocycles. The van der Waals surface area contributed by atoms with E-state index in [9.17, 15) is 9.59 Å². The summed E-state index contributed by atoms with van der Waals surface area (Å²) in [6, 6.07) is 12.8. The van der Waals surface area contributed by atoms with Crippen molar-refractivity contribution in [2.75, 3.05) is 39.1 Å². The standard InChI is InChI=1S/C22H22N4O6/c1-4-32-16-8-5-14(6-9-16)26-23-18-10-7-15(11-19(18)24-26)25-13-31-12-17(21(27)29-2)20(25)22(28)30-3/h5-11H,4,12-13H2,1-3H3. The fraction of sp³-hybridized carbons (Fsp3) is 0.273. The molecule has 0 amide bonds. The van der Waals surface area contributed by atoms with Crippen LogP contribution >= 0.6 is 0 Å². The number of rotatable bonds is 6. The van der Waals surface area contributed by atoms with Crippen molar-refractivity contribution < 1.29 is 28.5 Å². The highest BCUT2D eigenvalue weighted by Crippen LogP contribution is 2.29. The predicted molar refractivity (Wildman–Crippen MR) is 114 cm³/mol. The molecule has 1 aromatic heterocycles. The van der Waals surface area contributed by atoms with Crippen LogP contribution in [0.25, 0.3) is 16.7 Å². The van der Waals surface area contributed by atoms with E-state index >= 15 is 0 Å². The lowest BCUT2D eigenvalue weighted by Crippen LogP contribution is -2.38. The summed E-state index contributed by atoms with van der Waals surface area (Å²) < 4.78 is 20.7. The Labute approximate surface area is 183 Å². The van der Waals surface area contributed by atoms with Gasteiger partial charge in [0, 0.05) is 5.69 Å². The number of ether oxygens (including phenoxy) is 4. The van der Waals surface area contributed by atoms with Crippen LogP contribution < -0.4 is 9.64 Å². The minimum absolute atomic E-state index is 0.0518. The highest BCUT2D eigenvalue weighted by Gasteiger charge is 2.32. The number of fused-ring (bicyclic) bond motifs is 1. The van der Waals surface area contributed by atoms with Crippen LogP contribution in [0, 0.1) is 0 Å². The highest BCUT2D eigenvalue weighted by molar-refractivity contribution is 6.03. The number of hydrogen-bond acceptors (Lipinski definition) is 9. The van der Waals surface area contributed by atoms with Crippen molar-refractivity contribution in [1.29, 1.82) is 0 Å². The molecule has 0 fully saturated rings. The number of hydrogen-bond donors (Lipinski definition) is 0. The van der Waals surface area contributed by atoms with Crippen molar-refractivity contribution >= 4 is 28.7 Å². The van der Waals surface area contributed by atoms with Crippen LogP contribution in [0.5, 0.6) is 5.75 Å². The summed E-state index contributed by atoms with van der Waals surface area (Å²) in [5.74, 6) is -0.548. The van der Waals surface area contributed by atoms with Gasteiger partial charge in [-0.1, -0.05) is 0 Å². The zero-order valence-electron chi connectivity index (χ0n) is 17.9. The lowest BCUT2D eigenvalue weighted by Gasteiger charge is -2.31. The van der Waals surface area contributed by atoms with E-state index in [-0.39, 0.29) is 24.6 Å². The Hall–Kier alpha value is -3.92. The highest BCUT2D eigenvalue weighted by atomic mass is 16.5. The van der Waals surface area contributed by atoms with Crippen LogP contribution in [0.1, 0.15) is 6.92 Å². The summed E-state index contributed by atoms with van der Waals surface area (Å²) in [6.45, 7) is 2.52. The van der Waals surface area contributed by atoms with Gasteiger partial charge in [0.2, 0.25) is 0 Å². The van der Waals surface area contributed by atoms with E-state index in [1.54, 1.807) is 23.1 Å². The molecule has 4 rings (SSSR count). The Bertz CT molecular complexity index is 1180. The van der Waals surface area contributed by atoms with Crippen molar-refractivity contribution in [2.45, 2.75) is 6.92 Å². The Kier molecular flexibility index (Phi) is 6.04. The molecule has 0 saturated heterocycles. The number of carbonyl (C=O) groups is 2. The molecular weight excluding hydrogens is 416 g/mol. The second-order valence-corrected chi connectivity index (χ2v) is 6.81. The molecule has 0 spiro atoms. The normalized spacial score (nSPS) is 13.9. The van der Waals surface area contributed by atoms with E-state index < -0.39 is 11.9 Å². The number of nitrogens with zero attached hydrogens (tertiary/aromatic N) is 4. The minimum Gasteiger partial charge on any atom is -0.494 e. The second-order valence-electron chi connectivity index (χ2n) is 6.81. The topological polar surface area (TPSA) is 105 Å². The maximum absolute atomic E-state index is 12.5. The predicted octanol–water partition coefficient (Wildman–Crippen LogP) is 2.21. The van der Waals surface area contributed by atoms with Gasteiger partial charge in [0.25, 0.3) is 0 Å². The lowest BCUT2D eigenvalue weighted by molar-refractivity contribution is -0.140. The quantitative estimate of drug-likeness (QED) is 0.536. The van der Waals surface area contributed by atoms with Crippen LogP contribution in [-0.2, 0) is 23.8 Å². The molecule has 10 heteroatoms. The molecule has 32 heavy (non-hydrogen) atoms. The van der Waals surface area contributed by atoms with E-state index in [1.807, 2.05) is 31.2 Å². The molecule has 0 aliphatic carbocycles. The van der Waals surface area contributed by atoms with Gasteiger partial charge >= 0.3 is 11.9 Å². The number of aromatic nitrogens is 3. The van der Waals surface area contributed by atoms with E-state index in [0.717, 1.165) is 11.4 Å². The van der Waals surface area contributed by atoms with Crippen molar-refractivity contribution in [1.82, 2.24) is 15.0 Å². The molecule has 1 aliphatic heterocycles. The molecule has 1 aliphatic rings. The molecule has 166 valence electrons. The molecule has 0 radical (unpaired) electrons. The molecule has 2 heterocycles. The van der Waals surface area contributed by atoms with E-state index in [4.69, 9.17) is 18.9 Å². The van der Waals surface area contributed by atoms with Crippen LogP contribution in [0.2, 0.25) is 0 Å². The number of esters is 2. The molecule has 0 N–H and O–H groups in total. The lowest BCUT2D eigenvalue weighted by atomic mass is 10.1. The molecule has 0 unspecified atom stereocenters. The molecule has 10 nitrogen and oxygen atoms in total. The van der Waals surface area contributed by atoms with Gasteiger partial charge in [-0.2, -0.15) is 4.80 Å². The number of benzene rings is 2. The summed E-state index contributed by atoms with van der Waals surface area (Å²) in [5.41, 5.74) is 2.80. The summed E-state index contributed by atoms with van der Waals surface area (Å²) in [7, 11) is 2.50. The fourth-order valence-electron chi connectivity index (χ4n) is 3.38. The average Bonchev–Trinajstić information content (AvgIpc) is 3.26. The molecule has 0 saturated carbocycles. The molecular formula is C22H22N4O6. The van der Waals surface area contributed by atoms with Crippen LogP contribution in [-0.4, -0.2) is 61.1 Å². The maximum Gasteiger partial charge on any atom is 0.355 e. The number of methoxy groups -OCH3 is 2. The minimum atomic E-state index is -0.660.